The zero-order valence-electron chi connectivity index (χ0n) is 24.5. The molecule has 8 nitrogen and oxygen atoms in total. The van der Waals surface area contributed by atoms with Crippen molar-refractivity contribution in [2.24, 2.45) is 0 Å². The van der Waals surface area contributed by atoms with Gasteiger partial charge in [0.1, 0.15) is 23.0 Å². The maximum Gasteiger partial charge on any atom is 0.127 e. The van der Waals surface area contributed by atoms with Gasteiger partial charge in [-0.25, -0.2) is 0 Å². The molecule has 4 fully saturated rings. The first kappa shape index (κ1) is 27.5. The first-order chi connectivity index (χ1) is 21.7. The Bertz CT molecular complexity index is 1380. The summed E-state index contributed by atoms with van der Waals surface area (Å²) in [7, 11) is 0. The lowest BCUT2D eigenvalue weighted by atomic mass is 10.1. The molecule has 8 rings (SSSR count). The summed E-state index contributed by atoms with van der Waals surface area (Å²) in [5, 5.41) is 0. The van der Waals surface area contributed by atoms with Gasteiger partial charge in [0, 0.05) is 37.6 Å². The van der Waals surface area contributed by atoms with E-state index in [4.69, 9.17) is 28.4 Å². The number of hydrogen-bond donors (Lipinski definition) is 0. The number of ether oxygens (including phenoxy) is 6. The second kappa shape index (κ2) is 12.1. The van der Waals surface area contributed by atoms with E-state index in [0.29, 0.717) is 24.4 Å². The molecule has 4 aliphatic rings. The van der Waals surface area contributed by atoms with Gasteiger partial charge in [-0.05, 0) is 83.9 Å². The highest BCUT2D eigenvalue weighted by Gasteiger charge is 2.32. The van der Waals surface area contributed by atoms with E-state index in [-0.39, 0.29) is 0 Å². The molecule has 0 bridgehead atoms. The normalized spacial score (nSPS) is 22.6. The first-order valence-corrected chi connectivity index (χ1v) is 15.4. The van der Waals surface area contributed by atoms with Crippen LogP contribution in [-0.4, -0.2) is 77.0 Å². The molecule has 0 amide bonds. The van der Waals surface area contributed by atoms with E-state index in [1.54, 1.807) is 0 Å². The van der Waals surface area contributed by atoms with Gasteiger partial charge in [-0.1, -0.05) is 24.3 Å². The van der Waals surface area contributed by atoms with Crippen LogP contribution in [0.1, 0.15) is 0 Å². The van der Waals surface area contributed by atoms with Crippen LogP contribution in [0.3, 0.4) is 0 Å². The fraction of sp³-hybridized carbons (Fsp3) is 0.333. The molecule has 4 atom stereocenters. The molecule has 0 spiro atoms. The number of anilines is 2. The number of benzene rings is 4. The minimum Gasteiger partial charge on any atom is -0.457 e. The molecule has 0 aromatic heterocycles. The fourth-order valence-corrected chi connectivity index (χ4v) is 5.40. The Kier molecular flexibility index (Phi) is 7.57. The molecule has 4 unspecified atom stereocenters. The van der Waals surface area contributed by atoms with Crippen LogP contribution >= 0.6 is 0 Å². The summed E-state index contributed by atoms with van der Waals surface area (Å²) in [4.78, 5) is 4.68. The Hall–Kier alpha value is -4.08. The van der Waals surface area contributed by atoms with Gasteiger partial charge in [-0.2, -0.15) is 0 Å². The van der Waals surface area contributed by atoms with Gasteiger partial charge < -0.3 is 38.2 Å². The average Bonchev–Trinajstić information content (AvgIpc) is 3.86. The number of epoxide rings is 4. The maximum atomic E-state index is 6.14. The molecule has 8 heteroatoms. The van der Waals surface area contributed by atoms with Crippen molar-refractivity contribution in [3.05, 3.63) is 97.1 Å². The molecule has 4 aromatic rings. The van der Waals surface area contributed by atoms with E-state index in [2.05, 4.69) is 58.3 Å². The molecule has 0 radical (unpaired) electrons. The average molecular weight is 593 g/mol. The lowest BCUT2D eigenvalue weighted by Gasteiger charge is -2.23. The van der Waals surface area contributed by atoms with Gasteiger partial charge in [0.05, 0.1) is 50.8 Å². The largest absolute Gasteiger partial charge is 0.457 e. The molecule has 0 N–H and O–H groups in total. The third-order valence-corrected chi connectivity index (χ3v) is 8.22. The van der Waals surface area contributed by atoms with Crippen LogP contribution in [0.25, 0.3) is 11.1 Å². The van der Waals surface area contributed by atoms with Crippen LogP contribution < -0.4 is 19.3 Å². The van der Waals surface area contributed by atoms with Gasteiger partial charge in [-0.3, -0.25) is 0 Å². The second-order valence-corrected chi connectivity index (χ2v) is 11.9. The highest BCUT2D eigenvalue weighted by atomic mass is 16.6. The summed E-state index contributed by atoms with van der Waals surface area (Å²) in [6.07, 6.45) is 1.34. The monoisotopic (exact) mass is 592 g/mol. The molecular weight excluding hydrogens is 556 g/mol. The third kappa shape index (κ3) is 7.34. The van der Waals surface area contributed by atoms with Gasteiger partial charge in [-0.15, -0.1) is 0 Å². The summed E-state index contributed by atoms with van der Waals surface area (Å²) in [6, 6.07) is 32.8. The van der Waals surface area contributed by atoms with Crippen LogP contribution in [-0.2, 0) is 18.9 Å². The molecule has 0 saturated carbocycles. The first-order valence-electron chi connectivity index (χ1n) is 15.4. The predicted octanol–water partition coefficient (Wildman–Crippen LogP) is 6.15. The minimum absolute atomic E-state index is 0.335. The summed E-state index contributed by atoms with van der Waals surface area (Å²) in [5.41, 5.74) is 4.55. The Morgan fingerprint density at radius 3 is 0.909 bits per heavy atom. The highest BCUT2D eigenvalue weighted by Crippen LogP contribution is 2.31. The highest BCUT2D eigenvalue weighted by molar-refractivity contribution is 5.65. The zero-order valence-corrected chi connectivity index (χ0v) is 24.5. The van der Waals surface area contributed by atoms with Gasteiger partial charge in [0.15, 0.2) is 0 Å². The minimum atomic E-state index is 0.335. The molecule has 4 saturated heterocycles. The van der Waals surface area contributed by atoms with Crippen molar-refractivity contribution in [3.63, 3.8) is 0 Å². The van der Waals surface area contributed by atoms with Crippen molar-refractivity contribution in [2.75, 3.05) is 62.4 Å². The van der Waals surface area contributed by atoms with E-state index in [1.807, 2.05) is 48.5 Å². The standard InChI is InChI=1S/C36H36N2O6/c1-9-29(43-31-13-5-27(6-14-31)37(17-33-21-39-33)18-34-22-40-34)10-2-25(1)26-3-11-30(12-4-26)44-32-15-7-28(8-16-32)38(19-35-23-41-35)20-36-24-42-36/h1-16,33-36H,17-24H2. The van der Waals surface area contributed by atoms with Crippen LogP contribution in [0.4, 0.5) is 11.4 Å². The zero-order chi connectivity index (χ0) is 29.3. The summed E-state index contributed by atoms with van der Waals surface area (Å²) >= 11 is 0. The lowest BCUT2D eigenvalue weighted by molar-refractivity contribution is 0.388. The summed E-state index contributed by atoms with van der Waals surface area (Å²) in [6.45, 7) is 6.97. The van der Waals surface area contributed by atoms with Crippen molar-refractivity contribution in [3.8, 4) is 34.1 Å². The topological polar surface area (TPSA) is 75.1 Å². The Balaban J connectivity index is 0.858. The van der Waals surface area contributed by atoms with Crippen molar-refractivity contribution in [2.45, 2.75) is 24.4 Å². The van der Waals surface area contributed by atoms with Crippen molar-refractivity contribution < 1.29 is 28.4 Å². The molecule has 4 heterocycles. The van der Waals surface area contributed by atoms with E-state index in [1.165, 1.54) is 0 Å². The van der Waals surface area contributed by atoms with Crippen LogP contribution in [0.2, 0.25) is 0 Å². The Morgan fingerprint density at radius 2 is 0.659 bits per heavy atom. The molecular formula is C36H36N2O6. The SMILES string of the molecule is c1cc(-c2ccc(Oc3ccc(N(CC4CO4)CC4CO4)cc3)cc2)ccc1Oc1ccc(N(CC2CO2)CC2CO2)cc1. The summed E-state index contributed by atoms with van der Waals surface area (Å²) in [5.74, 6) is 3.21. The van der Waals surface area contributed by atoms with Crippen molar-refractivity contribution >= 4 is 11.4 Å². The molecule has 4 aromatic carbocycles. The molecule has 226 valence electrons. The molecule has 4 aliphatic heterocycles. The van der Waals surface area contributed by atoms with Crippen molar-refractivity contribution in [1.82, 2.24) is 0 Å². The molecule has 0 aliphatic carbocycles. The van der Waals surface area contributed by atoms with Gasteiger partial charge >= 0.3 is 0 Å². The maximum absolute atomic E-state index is 6.14. The van der Waals surface area contributed by atoms with Crippen molar-refractivity contribution in [1.29, 1.82) is 0 Å². The number of hydrogen-bond acceptors (Lipinski definition) is 8. The van der Waals surface area contributed by atoms with Crippen LogP contribution in [0.5, 0.6) is 23.0 Å². The third-order valence-electron chi connectivity index (χ3n) is 8.22. The second-order valence-electron chi connectivity index (χ2n) is 11.9. The summed E-state index contributed by atoms with van der Waals surface area (Å²) < 4.78 is 34.1. The van der Waals surface area contributed by atoms with Gasteiger partial charge in [0.25, 0.3) is 0 Å². The van der Waals surface area contributed by atoms with Gasteiger partial charge in [0.2, 0.25) is 0 Å². The lowest BCUT2D eigenvalue weighted by Crippen LogP contribution is -2.31. The van der Waals surface area contributed by atoms with E-state index < -0.39 is 0 Å². The predicted molar refractivity (Wildman–Crippen MR) is 168 cm³/mol. The molecule has 44 heavy (non-hydrogen) atoms. The smallest absolute Gasteiger partial charge is 0.127 e. The Labute approximate surface area is 257 Å². The van der Waals surface area contributed by atoms with Crippen LogP contribution in [0, 0.1) is 0 Å². The number of rotatable bonds is 15. The Morgan fingerprint density at radius 1 is 0.409 bits per heavy atom. The van der Waals surface area contributed by atoms with E-state index in [0.717, 1.165) is 98.1 Å². The van der Waals surface area contributed by atoms with E-state index >= 15 is 0 Å². The van der Waals surface area contributed by atoms with Crippen LogP contribution in [0.15, 0.2) is 97.1 Å². The quantitative estimate of drug-likeness (QED) is 0.152. The van der Waals surface area contributed by atoms with E-state index in [9.17, 15) is 0 Å². The fourth-order valence-electron chi connectivity index (χ4n) is 5.40. The number of nitrogens with zero attached hydrogens (tertiary/aromatic N) is 2.